The van der Waals surface area contributed by atoms with Gasteiger partial charge in [-0.2, -0.15) is 0 Å². The van der Waals surface area contributed by atoms with Gasteiger partial charge in [0.25, 0.3) is 0 Å². The highest BCUT2D eigenvalue weighted by molar-refractivity contribution is 6.01. The molecule has 0 spiro atoms. The Labute approximate surface area is 204 Å². The number of ether oxygens (including phenoxy) is 3. The third-order valence-corrected chi connectivity index (χ3v) is 7.73. The summed E-state index contributed by atoms with van der Waals surface area (Å²) in [5, 5.41) is 10.9. The first-order valence-electron chi connectivity index (χ1n) is 11.8. The van der Waals surface area contributed by atoms with Crippen LogP contribution >= 0.6 is 0 Å². The van der Waals surface area contributed by atoms with Gasteiger partial charge in [0.05, 0.1) is 11.5 Å². The second-order valence-electron chi connectivity index (χ2n) is 10.6. The quantitative estimate of drug-likeness (QED) is 0.359. The molecule has 0 amide bonds. The van der Waals surface area contributed by atoms with E-state index in [0.717, 1.165) is 0 Å². The number of rotatable bonds is 3. The predicted octanol–water partition coefficient (Wildman–Crippen LogP) is 2.38. The van der Waals surface area contributed by atoms with Gasteiger partial charge in [-0.15, -0.1) is 0 Å². The first-order valence-corrected chi connectivity index (χ1v) is 11.8. The van der Waals surface area contributed by atoms with Crippen LogP contribution in [0.15, 0.2) is 22.8 Å². The first kappa shape index (κ1) is 26.8. The van der Waals surface area contributed by atoms with Crippen molar-refractivity contribution < 1.29 is 43.3 Å². The van der Waals surface area contributed by atoms with Crippen LogP contribution in [-0.4, -0.2) is 59.0 Å². The van der Waals surface area contributed by atoms with Crippen LogP contribution in [0.4, 0.5) is 0 Å². The van der Waals surface area contributed by atoms with Gasteiger partial charge < -0.3 is 19.3 Å². The van der Waals surface area contributed by atoms with Gasteiger partial charge in [0.1, 0.15) is 12.2 Å². The summed E-state index contributed by atoms with van der Waals surface area (Å²) < 4.78 is 16.7. The predicted molar refractivity (Wildman–Crippen MR) is 123 cm³/mol. The SMILES string of the molecule is CC(=O)O[C@H]1C(=O)[C@]2(C)C/C(=C\[C@@H](OC(C)=O)[C@H]3CC(=O)C(C)=C1C3(C)C)[C@H](O)C[C@H]2OC(C)=O. The molecule has 0 radical (unpaired) electrons. The fraction of sp³-hybridized carbons (Fsp3) is 0.654. The standard InChI is InChI=1S/C26H34O9/c1-12-18(30)9-17-20(33-13(2)27)8-16-11-26(7,21(10-19(16)31)34-14(3)28)24(32)23(35-15(4)29)22(12)25(17,5)6/h8,17,19-21,23,31H,9-11H2,1-7H3/b16-8+/t17-,19-,20-,21-,23-,26-/m1/s1. The molecular weight excluding hydrogens is 456 g/mol. The molecule has 0 unspecified atom stereocenters. The average Bonchev–Trinajstić information content (AvgIpc) is 2.71. The second-order valence-corrected chi connectivity index (χ2v) is 10.6. The molecule has 3 aliphatic rings. The molecule has 6 atom stereocenters. The molecule has 9 heteroatoms. The average molecular weight is 491 g/mol. The Balaban J connectivity index is 2.35. The van der Waals surface area contributed by atoms with E-state index in [0.29, 0.717) is 16.7 Å². The van der Waals surface area contributed by atoms with Crippen molar-refractivity contribution in [1.29, 1.82) is 0 Å². The fourth-order valence-corrected chi connectivity index (χ4v) is 5.91. The van der Waals surface area contributed by atoms with E-state index in [1.165, 1.54) is 20.8 Å². The molecule has 3 aliphatic carbocycles. The summed E-state index contributed by atoms with van der Waals surface area (Å²) in [6.07, 6.45) is -2.73. The largest absolute Gasteiger partial charge is 0.461 e. The summed E-state index contributed by atoms with van der Waals surface area (Å²) in [6, 6.07) is 0. The molecule has 3 rings (SSSR count). The van der Waals surface area contributed by atoms with Gasteiger partial charge in [-0.25, -0.2) is 0 Å². The van der Waals surface area contributed by atoms with Crippen LogP contribution in [0.3, 0.4) is 0 Å². The van der Waals surface area contributed by atoms with Gasteiger partial charge in [0.2, 0.25) is 0 Å². The van der Waals surface area contributed by atoms with Crippen LogP contribution in [0.5, 0.6) is 0 Å². The lowest BCUT2D eigenvalue weighted by Crippen LogP contribution is -2.56. The van der Waals surface area contributed by atoms with Gasteiger partial charge in [-0.3, -0.25) is 24.0 Å². The number of carbonyl (C=O) groups is 5. The Bertz CT molecular complexity index is 1030. The molecule has 0 aromatic heterocycles. The zero-order chi connectivity index (χ0) is 26.5. The molecule has 35 heavy (non-hydrogen) atoms. The highest BCUT2D eigenvalue weighted by Crippen LogP contribution is 2.52. The molecule has 1 N–H and O–H groups in total. The molecule has 9 nitrogen and oxygen atoms in total. The number of ketones is 2. The molecule has 0 aromatic carbocycles. The Morgan fingerprint density at radius 2 is 1.54 bits per heavy atom. The number of fused-ring (bicyclic) bond motifs is 4. The van der Waals surface area contributed by atoms with Gasteiger partial charge >= 0.3 is 17.9 Å². The lowest BCUT2D eigenvalue weighted by molar-refractivity contribution is -0.171. The first-order chi connectivity index (χ1) is 16.1. The lowest BCUT2D eigenvalue weighted by atomic mass is 9.57. The highest BCUT2D eigenvalue weighted by atomic mass is 16.6. The number of aliphatic hydroxyl groups excluding tert-OH is 1. The molecule has 0 aromatic rings. The van der Waals surface area contributed by atoms with Gasteiger partial charge in [-0.1, -0.05) is 13.8 Å². The van der Waals surface area contributed by atoms with E-state index in [-0.39, 0.29) is 25.0 Å². The molecule has 0 aliphatic heterocycles. The van der Waals surface area contributed by atoms with E-state index >= 15 is 0 Å². The number of carbonyl (C=O) groups excluding carboxylic acids is 5. The second kappa shape index (κ2) is 9.33. The van der Waals surface area contributed by atoms with E-state index in [9.17, 15) is 29.1 Å². The normalized spacial score (nSPS) is 36.0. The van der Waals surface area contributed by atoms with Crippen LogP contribution in [0.2, 0.25) is 0 Å². The smallest absolute Gasteiger partial charge is 0.303 e. The van der Waals surface area contributed by atoms with Crippen molar-refractivity contribution in [3.63, 3.8) is 0 Å². The molecule has 1 fully saturated rings. The number of hydrogen-bond donors (Lipinski definition) is 1. The Kier molecular flexibility index (Phi) is 7.14. The summed E-state index contributed by atoms with van der Waals surface area (Å²) in [7, 11) is 0. The summed E-state index contributed by atoms with van der Waals surface area (Å²) in [5.74, 6) is -3.22. The van der Waals surface area contributed by atoms with Crippen LogP contribution in [0.25, 0.3) is 0 Å². The Morgan fingerprint density at radius 3 is 2.09 bits per heavy atom. The zero-order valence-electron chi connectivity index (χ0n) is 21.3. The van der Waals surface area contributed by atoms with Gasteiger partial charge in [-0.05, 0) is 48.5 Å². The van der Waals surface area contributed by atoms with Crippen LogP contribution in [-0.2, 0) is 38.2 Å². The van der Waals surface area contributed by atoms with E-state index in [2.05, 4.69) is 0 Å². The van der Waals surface area contributed by atoms with Crippen molar-refractivity contribution >= 4 is 29.5 Å². The molecule has 0 saturated heterocycles. The van der Waals surface area contributed by atoms with Crippen molar-refractivity contribution in [3.05, 3.63) is 22.8 Å². The maximum atomic E-state index is 14.2. The van der Waals surface area contributed by atoms with Crippen LogP contribution < -0.4 is 0 Å². The minimum Gasteiger partial charge on any atom is -0.461 e. The summed E-state index contributed by atoms with van der Waals surface area (Å²) in [5.41, 5.74) is -1.18. The summed E-state index contributed by atoms with van der Waals surface area (Å²) in [4.78, 5) is 63.5. The van der Waals surface area contributed by atoms with Crippen molar-refractivity contribution in [1.82, 2.24) is 0 Å². The zero-order valence-corrected chi connectivity index (χ0v) is 21.3. The van der Waals surface area contributed by atoms with E-state index < -0.39 is 64.9 Å². The minimum absolute atomic E-state index is 0.00605. The molecule has 192 valence electrons. The monoisotopic (exact) mass is 490 g/mol. The van der Waals surface area contributed by atoms with Gasteiger partial charge in [0.15, 0.2) is 17.7 Å². The minimum atomic E-state index is -1.41. The van der Waals surface area contributed by atoms with E-state index in [1.807, 2.05) is 13.8 Å². The van der Waals surface area contributed by atoms with Crippen molar-refractivity contribution in [2.24, 2.45) is 16.7 Å². The van der Waals surface area contributed by atoms with E-state index in [4.69, 9.17) is 14.2 Å². The summed E-state index contributed by atoms with van der Waals surface area (Å²) in [6.45, 7) is 10.5. The number of hydrogen-bond acceptors (Lipinski definition) is 9. The number of esters is 3. The summed E-state index contributed by atoms with van der Waals surface area (Å²) >= 11 is 0. The van der Waals surface area contributed by atoms with Crippen molar-refractivity contribution in [2.45, 2.75) is 92.1 Å². The third-order valence-electron chi connectivity index (χ3n) is 7.73. The molecule has 0 heterocycles. The topological polar surface area (TPSA) is 133 Å². The number of allylic oxidation sites excluding steroid dienone is 1. The maximum absolute atomic E-state index is 14.2. The van der Waals surface area contributed by atoms with Gasteiger partial charge in [0, 0.05) is 39.5 Å². The van der Waals surface area contributed by atoms with Crippen molar-refractivity contribution in [3.8, 4) is 0 Å². The Hall–Kier alpha value is -2.81. The van der Waals surface area contributed by atoms with Crippen LogP contribution in [0.1, 0.15) is 67.7 Å². The maximum Gasteiger partial charge on any atom is 0.303 e. The van der Waals surface area contributed by atoms with Crippen LogP contribution in [0, 0.1) is 16.7 Å². The third kappa shape index (κ3) is 4.83. The molecule has 4 bridgehead atoms. The molecule has 1 saturated carbocycles. The number of aliphatic hydroxyl groups is 1. The lowest BCUT2D eigenvalue weighted by Gasteiger charge is -2.50. The van der Waals surface area contributed by atoms with E-state index in [1.54, 1.807) is 19.9 Å². The highest BCUT2D eigenvalue weighted by Gasteiger charge is 2.57. The molecular formula is C26H34O9. The number of Topliss-reactive ketones (excluding diaryl/α,β-unsaturated/α-hetero) is 2. The fourth-order valence-electron chi connectivity index (χ4n) is 5.91. The Morgan fingerprint density at radius 1 is 0.971 bits per heavy atom. The van der Waals surface area contributed by atoms with Crippen molar-refractivity contribution in [2.75, 3.05) is 0 Å².